The molecule has 0 aliphatic carbocycles. The molecule has 0 bridgehead atoms. The summed E-state index contributed by atoms with van der Waals surface area (Å²) in [6.45, 7) is 4.96. The van der Waals surface area contributed by atoms with Crippen molar-refractivity contribution < 1.29 is 0 Å². The predicted molar refractivity (Wildman–Crippen MR) is 63.2 cm³/mol. The topological polar surface area (TPSA) is 36.4 Å². The number of nitrogens with zero attached hydrogens (tertiary/aromatic N) is 1. The zero-order valence-corrected chi connectivity index (χ0v) is 9.09. The van der Waals surface area contributed by atoms with Crippen LogP contribution in [0, 0.1) is 6.92 Å². The van der Waals surface area contributed by atoms with Crippen molar-refractivity contribution in [3.05, 3.63) is 35.4 Å². The average molecular weight is 203 g/mol. The van der Waals surface area contributed by atoms with Crippen molar-refractivity contribution >= 4 is 5.96 Å². The van der Waals surface area contributed by atoms with Gasteiger partial charge in [-0.3, -0.25) is 4.99 Å². The summed E-state index contributed by atoms with van der Waals surface area (Å²) in [7, 11) is 0. The maximum Gasteiger partial charge on any atom is 0.191 e. The summed E-state index contributed by atoms with van der Waals surface area (Å²) in [4.78, 5) is 4.28. The summed E-state index contributed by atoms with van der Waals surface area (Å²) in [5.41, 5.74) is 2.77. The molecule has 1 aliphatic heterocycles. The number of benzene rings is 1. The molecule has 15 heavy (non-hydrogen) atoms. The fourth-order valence-corrected chi connectivity index (χ4v) is 1.72. The first-order chi connectivity index (χ1) is 7.36. The molecule has 3 heteroatoms. The van der Waals surface area contributed by atoms with Gasteiger partial charge >= 0.3 is 0 Å². The Labute approximate surface area is 90.6 Å². The highest BCUT2D eigenvalue weighted by Crippen LogP contribution is 2.06. The molecule has 0 amide bonds. The highest BCUT2D eigenvalue weighted by atomic mass is 15.2. The monoisotopic (exact) mass is 203 g/mol. The molecule has 0 saturated carbocycles. The van der Waals surface area contributed by atoms with Gasteiger partial charge in [0.25, 0.3) is 0 Å². The Morgan fingerprint density at radius 3 is 3.00 bits per heavy atom. The number of rotatable bonds is 3. The number of hydrogen-bond acceptors (Lipinski definition) is 3. The van der Waals surface area contributed by atoms with Crippen molar-refractivity contribution in [2.75, 3.05) is 19.6 Å². The third kappa shape index (κ3) is 2.72. The lowest BCUT2D eigenvalue weighted by Gasteiger charge is -2.08. The van der Waals surface area contributed by atoms with Crippen molar-refractivity contribution in [1.82, 2.24) is 10.6 Å². The molecule has 0 saturated heterocycles. The van der Waals surface area contributed by atoms with Crippen LogP contribution in [0.25, 0.3) is 0 Å². The van der Waals surface area contributed by atoms with E-state index in [1.807, 2.05) is 0 Å². The molecule has 1 aromatic rings. The summed E-state index contributed by atoms with van der Waals surface area (Å²) >= 11 is 0. The Morgan fingerprint density at radius 1 is 1.40 bits per heavy atom. The molecule has 1 aliphatic rings. The number of aryl methyl sites for hydroxylation is 1. The highest BCUT2D eigenvalue weighted by Gasteiger charge is 2.03. The lowest BCUT2D eigenvalue weighted by Crippen LogP contribution is -2.35. The van der Waals surface area contributed by atoms with E-state index in [0.29, 0.717) is 0 Å². The van der Waals surface area contributed by atoms with Gasteiger partial charge in [-0.25, -0.2) is 0 Å². The minimum Gasteiger partial charge on any atom is -0.356 e. The molecule has 1 aromatic carbocycles. The Balaban J connectivity index is 1.80. The van der Waals surface area contributed by atoms with E-state index in [-0.39, 0.29) is 0 Å². The first-order valence-electron chi connectivity index (χ1n) is 5.43. The standard InChI is InChI=1S/C12H17N3/c1-10-4-2-3-5-11(10)6-7-13-12-14-8-9-15-12/h2-5H,6-9H2,1H3,(H2,13,14,15). The molecule has 3 nitrogen and oxygen atoms in total. The third-order valence-corrected chi connectivity index (χ3v) is 2.62. The summed E-state index contributed by atoms with van der Waals surface area (Å²) in [6.07, 6.45) is 1.05. The molecule has 2 N–H and O–H groups in total. The lowest BCUT2D eigenvalue weighted by atomic mass is 10.1. The van der Waals surface area contributed by atoms with E-state index < -0.39 is 0 Å². The first-order valence-corrected chi connectivity index (χ1v) is 5.43. The Morgan fingerprint density at radius 2 is 2.27 bits per heavy atom. The molecule has 0 radical (unpaired) electrons. The Kier molecular flexibility index (Phi) is 3.22. The molecule has 0 fully saturated rings. The Bertz CT molecular complexity index is 358. The van der Waals surface area contributed by atoms with Crippen molar-refractivity contribution in [1.29, 1.82) is 0 Å². The van der Waals surface area contributed by atoms with Crippen LogP contribution in [0.5, 0.6) is 0 Å². The van der Waals surface area contributed by atoms with Crippen molar-refractivity contribution in [2.45, 2.75) is 13.3 Å². The van der Waals surface area contributed by atoms with E-state index >= 15 is 0 Å². The molecule has 1 heterocycles. The maximum atomic E-state index is 4.28. The van der Waals surface area contributed by atoms with Crippen LogP contribution in [0.3, 0.4) is 0 Å². The fourth-order valence-electron chi connectivity index (χ4n) is 1.72. The van der Waals surface area contributed by atoms with Gasteiger partial charge in [0, 0.05) is 13.1 Å². The number of nitrogens with one attached hydrogen (secondary N) is 2. The van der Waals surface area contributed by atoms with Crippen LogP contribution < -0.4 is 10.6 Å². The summed E-state index contributed by atoms with van der Waals surface area (Å²) in [5.74, 6) is 0.948. The number of guanidine groups is 1. The van der Waals surface area contributed by atoms with Crippen molar-refractivity contribution in [3.8, 4) is 0 Å². The van der Waals surface area contributed by atoms with Crippen LogP contribution in [0.4, 0.5) is 0 Å². The quantitative estimate of drug-likeness (QED) is 0.771. The molecular weight excluding hydrogens is 186 g/mol. The molecule has 2 rings (SSSR count). The van der Waals surface area contributed by atoms with Crippen LogP contribution in [0.2, 0.25) is 0 Å². The number of aliphatic imine (C=N–C) groups is 1. The van der Waals surface area contributed by atoms with E-state index in [4.69, 9.17) is 0 Å². The van der Waals surface area contributed by atoms with Gasteiger partial charge in [-0.1, -0.05) is 24.3 Å². The van der Waals surface area contributed by atoms with E-state index in [2.05, 4.69) is 46.8 Å². The van der Waals surface area contributed by atoms with Gasteiger partial charge in [-0.05, 0) is 24.5 Å². The minimum atomic E-state index is 0.896. The maximum absolute atomic E-state index is 4.28. The van der Waals surface area contributed by atoms with Gasteiger partial charge in [-0.15, -0.1) is 0 Å². The average Bonchev–Trinajstić information content (AvgIpc) is 2.74. The van der Waals surface area contributed by atoms with Crippen LogP contribution in [0.15, 0.2) is 29.3 Å². The zero-order valence-electron chi connectivity index (χ0n) is 9.09. The summed E-state index contributed by atoms with van der Waals surface area (Å²) in [5, 5.41) is 6.49. The molecule has 80 valence electrons. The second-order valence-electron chi connectivity index (χ2n) is 3.76. The predicted octanol–water partition coefficient (Wildman–Crippen LogP) is 1.09. The normalized spacial score (nSPS) is 14.6. The van der Waals surface area contributed by atoms with Crippen LogP contribution in [0.1, 0.15) is 11.1 Å². The third-order valence-electron chi connectivity index (χ3n) is 2.62. The molecule has 0 unspecified atom stereocenters. The fraction of sp³-hybridized carbons (Fsp3) is 0.417. The second kappa shape index (κ2) is 4.82. The van der Waals surface area contributed by atoms with E-state index in [0.717, 1.165) is 32.0 Å². The molecular formula is C12H17N3. The molecule has 0 spiro atoms. The summed E-state index contributed by atoms with van der Waals surface area (Å²) in [6, 6.07) is 8.50. The van der Waals surface area contributed by atoms with Crippen LogP contribution >= 0.6 is 0 Å². The van der Waals surface area contributed by atoms with Gasteiger partial charge in [0.1, 0.15) is 0 Å². The Hall–Kier alpha value is -1.51. The summed E-state index contributed by atoms with van der Waals surface area (Å²) < 4.78 is 0. The van der Waals surface area contributed by atoms with Gasteiger partial charge in [0.2, 0.25) is 0 Å². The first kappa shape index (κ1) is 10.0. The second-order valence-corrected chi connectivity index (χ2v) is 3.76. The number of hydrogen-bond donors (Lipinski definition) is 2. The van der Waals surface area contributed by atoms with Gasteiger partial charge in [-0.2, -0.15) is 0 Å². The molecule has 0 aromatic heterocycles. The van der Waals surface area contributed by atoms with Gasteiger partial charge in [0.05, 0.1) is 6.54 Å². The van der Waals surface area contributed by atoms with E-state index in [9.17, 15) is 0 Å². The van der Waals surface area contributed by atoms with Crippen LogP contribution in [-0.4, -0.2) is 25.6 Å². The van der Waals surface area contributed by atoms with Crippen molar-refractivity contribution in [3.63, 3.8) is 0 Å². The smallest absolute Gasteiger partial charge is 0.191 e. The van der Waals surface area contributed by atoms with E-state index in [1.54, 1.807) is 0 Å². The molecule has 0 atom stereocenters. The van der Waals surface area contributed by atoms with E-state index in [1.165, 1.54) is 11.1 Å². The van der Waals surface area contributed by atoms with Gasteiger partial charge in [0.15, 0.2) is 5.96 Å². The SMILES string of the molecule is Cc1ccccc1CCNC1=NCCN1. The van der Waals surface area contributed by atoms with Crippen LogP contribution in [-0.2, 0) is 6.42 Å². The van der Waals surface area contributed by atoms with Crippen molar-refractivity contribution in [2.24, 2.45) is 4.99 Å². The zero-order chi connectivity index (χ0) is 10.5. The largest absolute Gasteiger partial charge is 0.356 e. The lowest BCUT2D eigenvalue weighted by molar-refractivity contribution is 0.833. The highest BCUT2D eigenvalue weighted by molar-refractivity contribution is 5.81. The van der Waals surface area contributed by atoms with Gasteiger partial charge < -0.3 is 10.6 Å². The minimum absolute atomic E-state index is 0.896.